The number of likely N-dealkylation sites (tertiary alicyclic amines) is 1. The van der Waals surface area contributed by atoms with Gasteiger partial charge in [0.15, 0.2) is 0 Å². The first kappa shape index (κ1) is 12.9. The maximum Gasteiger partial charge on any atom is 0.410 e. The maximum absolute atomic E-state index is 11.9. The minimum absolute atomic E-state index is 0.185. The molecule has 18 heavy (non-hydrogen) atoms. The van der Waals surface area contributed by atoms with E-state index >= 15 is 0 Å². The first-order valence-electron chi connectivity index (χ1n) is 6.49. The van der Waals surface area contributed by atoms with Crippen molar-refractivity contribution in [3.63, 3.8) is 0 Å². The molecular formula is C15H21NO2. The van der Waals surface area contributed by atoms with Crippen molar-refractivity contribution in [2.45, 2.75) is 45.3 Å². The minimum atomic E-state index is -0.413. The monoisotopic (exact) mass is 247 g/mol. The van der Waals surface area contributed by atoms with Gasteiger partial charge >= 0.3 is 6.09 Å². The largest absolute Gasteiger partial charge is 0.444 e. The summed E-state index contributed by atoms with van der Waals surface area (Å²) in [6, 6.07) is 10.6. The Morgan fingerprint density at radius 1 is 1.33 bits per heavy atom. The molecule has 1 aliphatic heterocycles. The molecule has 1 aromatic rings. The summed E-state index contributed by atoms with van der Waals surface area (Å²) in [4.78, 5) is 13.8. The van der Waals surface area contributed by atoms with Crippen LogP contribution in [0.4, 0.5) is 4.79 Å². The topological polar surface area (TPSA) is 29.5 Å². The van der Waals surface area contributed by atoms with Gasteiger partial charge in [0.1, 0.15) is 5.60 Å². The van der Waals surface area contributed by atoms with Crippen molar-refractivity contribution in [3.05, 3.63) is 35.9 Å². The van der Waals surface area contributed by atoms with E-state index in [1.54, 1.807) is 0 Å². The van der Waals surface area contributed by atoms with Crippen LogP contribution in [0.1, 0.15) is 32.8 Å². The van der Waals surface area contributed by atoms with Gasteiger partial charge in [-0.2, -0.15) is 0 Å². The molecule has 1 aliphatic rings. The third-order valence-electron chi connectivity index (χ3n) is 3.09. The van der Waals surface area contributed by atoms with E-state index in [1.165, 1.54) is 5.56 Å². The Balaban J connectivity index is 1.91. The maximum atomic E-state index is 11.9. The van der Waals surface area contributed by atoms with Crippen LogP contribution < -0.4 is 0 Å². The number of carbonyl (C=O) groups is 1. The second-order valence-corrected chi connectivity index (χ2v) is 5.81. The van der Waals surface area contributed by atoms with Crippen molar-refractivity contribution < 1.29 is 9.53 Å². The van der Waals surface area contributed by atoms with Crippen molar-refractivity contribution in [1.29, 1.82) is 0 Å². The summed E-state index contributed by atoms with van der Waals surface area (Å²) in [6.07, 6.45) is 1.79. The van der Waals surface area contributed by atoms with Crippen LogP contribution in [0.3, 0.4) is 0 Å². The van der Waals surface area contributed by atoms with E-state index in [2.05, 4.69) is 12.1 Å². The van der Waals surface area contributed by atoms with Crippen LogP contribution in [0.5, 0.6) is 0 Å². The SMILES string of the molecule is CC(C)(C)OC(=O)N1CCC1Cc1ccccc1. The molecular weight excluding hydrogens is 226 g/mol. The van der Waals surface area contributed by atoms with Gasteiger partial charge in [0, 0.05) is 12.6 Å². The highest BCUT2D eigenvalue weighted by molar-refractivity contribution is 5.69. The fraction of sp³-hybridized carbons (Fsp3) is 0.533. The fourth-order valence-electron chi connectivity index (χ4n) is 2.10. The third kappa shape index (κ3) is 3.25. The third-order valence-corrected chi connectivity index (χ3v) is 3.09. The van der Waals surface area contributed by atoms with Crippen molar-refractivity contribution in [3.8, 4) is 0 Å². The standard InChI is InChI=1S/C15H21NO2/c1-15(2,3)18-14(17)16-10-9-13(16)11-12-7-5-4-6-8-12/h4-8,13H,9-11H2,1-3H3. The Morgan fingerprint density at radius 3 is 2.50 bits per heavy atom. The zero-order chi connectivity index (χ0) is 13.2. The lowest BCUT2D eigenvalue weighted by Gasteiger charge is -2.41. The van der Waals surface area contributed by atoms with E-state index in [4.69, 9.17) is 4.74 Å². The van der Waals surface area contributed by atoms with Gasteiger partial charge in [-0.25, -0.2) is 4.79 Å². The Kier molecular flexibility index (Phi) is 3.60. The molecule has 1 unspecified atom stereocenters. The van der Waals surface area contributed by atoms with Crippen LogP contribution in [0.25, 0.3) is 0 Å². The Labute approximate surface area is 109 Å². The van der Waals surface area contributed by atoms with Gasteiger partial charge in [-0.05, 0) is 39.2 Å². The number of carbonyl (C=O) groups excluding carboxylic acids is 1. The number of nitrogens with zero attached hydrogens (tertiary/aromatic N) is 1. The summed E-state index contributed by atoms with van der Waals surface area (Å²) >= 11 is 0. The molecule has 0 bridgehead atoms. The van der Waals surface area contributed by atoms with Crippen molar-refractivity contribution in [1.82, 2.24) is 4.90 Å². The molecule has 1 atom stereocenters. The number of rotatable bonds is 2. The van der Waals surface area contributed by atoms with Gasteiger partial charge in [0.05, 0.1) is 0 Å². The number of hydrogen-bond donors (Lipinski definition) is 0. The summed E-state index contributed by atoms with van der Waals surface area (Å²) < 4.78 is 5.40. The van der Waals surface area contributed by atoms with Crippen LogP contribution in [-0.4, -0.2) is 29.2 Å². The highest BCUT2D eigenvalue weighted by Gasteiger charge is 2.34. The normalized spacial score (nSPS) is 19.3. The lowest BCUT2D eigenvalue weighted by Crippen LogP contribution is -2.53. The number of ether oxygens (including phenoxy) is 1. The molecule has 1 fully saturated rings. The Morgan fingerprint density at radius 2 is 2.00 bits per heavy atom. The van der Waals surface area contributed by atoms with Gasteiger partial charge in [0.2, 0.25) is 0 Å². The number of hydrogen-bond acceptors (Lipinski definition) is 2. The first-order chi connectivity index (χ1) is 8.46. The van der Waals surface area contributed by atoms with Gasteiger partial charge in [-0.15, -0.1) is 0 Å². The molecule has 3 nitrogen and oxygen atoms in total. The number of benzene rings is 1. The Bertz CT molecular complexity index is 408. The zero-order valence-corrected chi connectivity index (χ0v) is 11.3. The van der Waals surface area contributed by atoms with E-state index in [0.29, 0.717) is 6.04 Å². The molecule has 1 heterocycles. The molecule has 3 heteroatoms. The van der Waals surface area contributed by atoms with Gasteiger partial charge < -0.3 is 9.64 Å². The second kappa shape index (κ2) is 5.01. The van der Waals surface area contributed by atoms with E-state index in [9.17, 15) is 4.79 Å². The molecule has 1 amide bonds. The van der Waals surface area contributed by atoms with Crippen molar-refractivity contribution in [2.75, 3.05) is 6.54 Å². The molecule has 0 aliphatic carbocycles. The lowest BCUT2D eigenvalue weighted by molar-refractivity contribution is -0.00498. The molecule has 0 aromatic heterocycles. The fourth-order valence-corrected chi connectivity index (χ4v) is 2.10. The number of amides is 1. The van der Waals surface area contributed by atoms with Gasteiger partial charge in [0.25, 0.3) is 0 Å². The first-order valence-corrected chi connectivity index (χ1v) is 6.49. The van der Waals surface area contributed by atoms with E-state index in [0.717, 1.165) is 19.4 Å². The molecule has 2 rings (SSSR count). The van der Waals surface area contributed by atoms with E-state index in [-0.39, 0.29) is 6.09 Å². The van der Waals surface area contributed by atoms with Crippen LogP contribution in [0, 0.1) is 0 Å². The summed E-state index contributed by atoms with van der Waals surface area (Å²) in [5, 5.41) is 0. The molecule has 0 N–H and O–H groups in total. The molecule has 1 saturated heterocycles. The van der Waals surface area contributed by atoms with Crippen LogP contribution in [-0.2, 0) is 11.2 Å². The lowest BCUT2D eigenvalue weighted by atomic mass is 9.96. The molecule has 1 aromatic carbocycles. The highest BCUT2D eigenvalue weighted by Crippen LogP contribution is 2.24. The summed E-state index contributed by atoms with van der Waals surface area (Å²) in [5.74, 6) is 0. The van der Waals surface area contributed by atoms with Gasteiger partial charge in [-0.1, -0.05) is 30.3 Å². The predicted molar refractivity (Wildman–Crippen MR) is 71.5 cm³/mol. The van der Waals surface area contributed by atoms with Crippen molar-refractivity contribution >= 4 is 6.09 Å². The van der Waals surface area contributed by atoms with E-state index < -0.39 is 5.60 Å². The molecule has 0 spiro atoms. The summed E-state index contributed by atoms with van der Waals surface area (Å²) in [5.41, 5.74) is 0.861. The molecule has 0 saturated carbocycles. The average Bonchev–Trinajstić information content (AvgIpc) is 2.23. The molecule has 0 radical (unpaired) electrons. The van der Waals surface area contributed by atoms with Crippen LogP contribution in [0.2, 0.25) is 0 Å². The zero-order valence-electron chi connectivity index (χ0n) is 11.3. The average molecular weight is 247 g/mol. The summed E-state index contributed by atoms with van der Waals surface area (Å²) in [7, 11) is 0. The van der Waals surface area contributed by atoms with E-state index in [1.807, 2.05) is 43.9 Å². The van der Waals surface area contributed by atoms with Crippen LogP contribution in [0.15, 0.2) is 30.3 Å². The minimum Gasteiger partial charge on any atom is -0.444 e. The van der Waals surface area contributed by atoms with Crippen molar-refractivity contribution in [2.24, 2.45) is 0 Å². The van der Waals surface area contributed by atoms with Crippen LogP contribution >= 0.6 is 0 Å². The predicted octanol–water partition coefficient (Wildman–Crippen LogP) is 3.24. The quantitative estimate of drug-likeness (QED) is 0.803. The Hall–Kier alpha value is -1.51. The smallest absolute Gasteiger partial charge is 0.410 e. The molecule has 98 valence electrons. The summed E-state index contributed by atoms with van der Waals surface area (Å²) in [6.45, 7) is 6.51. The van der Waals surface area contributed by atoms with Gasteiger partial charge in [-0.3, -0.25) is 0 Å². The second-order valence-electron chi connectivity index (χ2n) is 5.81. The highest BCUT2D eigenvalue weighted by atomic mass is 16.6.